The van der Waals surface area contributed by atoms with Crippen LogP contribution >= 0.6 is 7.82 Å². The lowest BCUT2D eigenvalue weighted by Crippen LogP contribution is -2.26. The van der Waals surface area contributed by atoms with Gasteiger partial charge in [0.1, 0.15) is 24.2 Å². The van der Waals surface area contributed by atoms with Gasteiger partial charge in [0.05, 0.1) is 19.0 Å². The molecule has 1 aliphatic rings. The Kier molecular flexibility index (Phi) is 4.32. The number of imidazole rings is 1. The summed E-state index contributed by atoms with van der Waals surface area (Å²) in [5.74, 6) is 0.244. The Balaban J connectivity index is 1.75. The molecular weight excluding hydrogens is 329 g/mol. The number of rotatable bonds is 5. The van der Waals surface area contributed by atoms with Gasteiger partial charge in [0, 0.05) is 13.5 Å². The van der Waals surface area contributed by atoms with Gasteiger partial charge in [-0.1, -0.05) is 0 Å². The van der Waals surface area contributed by atoms with Gasteiger partial charge in [0.25, 0.3) is 0 Å². The predicted molar refractivity (Wildman–Crippen MR) is 77.1 cm³/mol. The number of hydrogen-bond donors (Lipinski definition) is 3. The van der Waals surface area contributed by atoms with E-state index in [4.69, 9.17) is 15.0 Å². The van der Waals surface area contributed by atoms with Crippen LogP contribution in [-0.2, 0) is 18.3 Å². The highest BCUT2D eigenvalue weighted by Crippen LogP contribution is 2.43. The summed E-state index contributed by atoms with van der Waals surface area (Å²) in [6, 6.07) is 0. The van der Waals surface area contributed by atoms with Gasteiger partial charge in [-0.15, -0.1) is 0 Å². The molecule has 2 aromatic rings. The molecule has 11 nitrogen and oxygen atoms in total. The zero-order valence-electron chi connectivity index (χ0n) is 12.1. The zero-order chi connectivity index (χ0) is 16.6. The summed E-state index contributed by atoms with van der Waals surface area (Å²) in [5, 5.41) is 10.0. The first kappa shape index (κ1) is 16.2. The van der Waals surface area contributed by atoms with E-state index in [9.17, 15) is 14.6 Å². The van der Waals surface area contributed by atoms with Crippen LogP contribution < -0.4 is 5.73 Å². The highest BCUT2D eigenvalue weighted by Gasteiger charge is 2.37. The molecule has 1 unspecified atom stereocenters. The van der Waals surface area contributed by atoms with E-state index >= 15 is 0 Å². The van der Waals surface area contributed by atoms with Crippen LogP contribution in [0.4, 0.5) is 5.82 Å². The van der Waals surface area contributed by atoms with Crippen LogP contribution in [0, 0.1) is 0 Å². The average molecular weight is 345 g/mol. The minimum absolute atomic E-state index is 0.242. The third-order valence-electron chi connectivity index (χ3n) is 3.53. The topological polar surface area (TPSA) is 155 Å². The molecule has 2 aromatic heterocycles. The molecule has 0 saturated carbocycles. The van der Waals surface area contributed by atoms with Gasteiger partial charge in [0.2, 0.25) is 0 Å². The molecule has 0 bridgehead atoms. The zero-order valence-corrected chi connectivity index (χ0v) is 13.0. The average Bonchev–Trinajstić information content (AvgIpc) is 3.10. The molecule has 4 N–H and O–H groups in total. The number of phosphoric ester groups is 1. The molecule has 0 amide bonds. The molecule has 0 aliphatic carbocycles. The molecule has 0 spiro atoms. The summed E-state index contributed by atoms with van der Waals surface area (Å²) < 4.78 is 27.6. The molecule has 1 saturated heterocycles. The van der Waals surface area contributed by atoms with Gasteiger partial charge >= 0.3 is 7.82 Å². The number of ether oxygens (including phenoxy) is 1. The fourth-order valence-electron chi connectivity index (χ4n) is 2.34. The third-order valence-corrected chi connectivity index (χ3v) is 4.47. The Hall–Kier alpha value is -1.62. The Bertz CT molecular complexity index is 754. The standard InChI is InChI=1S/C11H16N5O6P/c1-20-23(18,19)21-3-7-6(17)2-8(22-7)16-5-15-9-10(12)13-4-14-11(9)16/h4-8,17H,2-3H2,1H3,(H,18,19)(H2,12,13,14)/t6-,7+,8+/m0/s1. The minimum Gasteiger partial charge on any atom is -0.390 e. The highest BCUT2D eigenvalue weighted by atomic mass is 31.2. The number of nitrogens with zero attached hydrogens (tertiary/aromatic N) is 4. The maximum absolute atomic E-state index is 11.3. The van der Waals surface area contributed by atoms with Gasteiger partial charge in [0.15, 0.2) is 11.5 Å². The van der Waals surface area contributed by atoms with E-state index in [0.717, 1.165) is 7.11 Å². The monoisotopic (exact) mass is 345 g/mol. The lowest BCUT2D eigenvalue weighted by atomic mass is 10.2. The lowest BCUT2D eigenvalue weighted by Gasteiger charge is -2.17. The van der Waals surface area contributed by atoms with Crippen molar-refractivity contribution in [3.63, 3.8) is 0 Å². The first-order valence-electron chi connectivity index (χ1n) is 6.71. The van der Waals surface area contributed by atoms with Crippen molar-refractivity contribution in [1.29, 1.82) is 0 Å². The van der Waals surface area contributed by atoms with Gasteiger partial charge in [-0.05, 0) is 0 Å². The SMILES string of the molecule is COP(=O)(O)OC[C@H]1O[C@@H](n2cnc3c(N)ncnc32)C[C@@H]1O. The van der Waals surface area contributed by atoms with Crippen molar-refractivity contribution in [2.75, 3.05) is 19.5 Å². The normalized spacial score (nSPS) is 27.3. The number of aromatic nitrogens is 4. The van der Waals surface area contributed by atoms with E-state index in [0.29, 0.717) is 11.2 Å². The second kappa shape index (κ2) is 6.11. The molecule has 1 fully saturated rings. The number of phosphoric acid groups is 1. The highest BCUT2D eigenvalue weighted by molar-refractivity contribution is 7.47. The van der Waals surface area contributed by atoms with Crippen molar-refractivity contribution >= 4 is 24.8 Å². The molecule has 0 radical (unpaired) electrons. The smallest absolute Gasteiger partial charge is 0.390 e. The molecule has 0 aromatic carbocycles. The van der Waals surface area contributed by atoms with Crippen molar-refractivity contribution in [2.24, 2.45) is 0 Å². The second-order valence-electron chi connectivity index (χ2n) is 4.96. The van der Waals surface area contributed by atoms with Crippen LogP contribution in [0.5, 0.6) is 0 Å². The van der Waals surface area contributed by atoms with Crippen LogP contribution in [0.3, 0.4) is 0 Å². The van der Waals surface area contributed by atoms with Crippen molar-refractivity contribution in [3.8, 4) is 0 Å². The lowest BCUT2D eigenvalue weighted by molar-refractivity contribution is -0.0431. The number of nitrogens with two attached hydrogens (primary N) is 1. The third kappa shape index (κ3) is 3.20. The van der Waals surface area contributed by atoms with E-state index in [1.165, 1.54) is 12.7 Å². The van der Waals surface area contributed by atoms with E-state index < -0.39 is 26.3 Å². The number of aliphatic hydroxyl groups excluding tert-OH is 1. The summed E-state index contributed by atoms with van der Waals surface area (Å²) in [6.07, 6.45) is 0.816. The number of hydrogen-bond acceptors (Lipinski definition) is 9. The molecule has 12 heteroatoms. The fourth-order valence-corrected chi connectivity index (χ4v) is 2.78. The van der Waals surface area contributed by atoms with E-state index in [-0.39, 0.29) is 18.8 Å². The Morgan fingerprint density at radius 1 is 1.52 bits per heavy atom. The molecule has 4 atom stereocenters. The van der Waals surface area contributed by atoms with Gasteiger partial charge < -0.3 is 20.5 Å². The molecule has 126 valence electrons. The summed E-state index contributed by atoms with van der Waals surface area (Å²) in [7, 11) is -3.07. The van der Waals surface area contributed by atoms with Crippen LogP contribution in [0.15, 0.2) is 12.7 Å². The maximum atomic E-state index is 11.3. The number of anilines is 1. The van der Waals surface area contributed by atoms with Crippen LogP contribution in [-0.4, -0.2) is 55.4 Å². The van der Waals surface area contributed by atoms with Crippen LogP contribution in [0.25, 0.3) is 11.2 Å². The van der Waals surface area contributed by atoms with Crippen molar-refractivity contribution in [3.05, 3.63) is 12.7 Å². The molecule has 3 rings (SSSR count). The Morgan fingerprint density at radius 2 is 2.30 bits per heavy atom. The summed E-state index contributed by atoms with van der Waals surface area (Å²) in [5.41, 5.74) is 6.63. The number of nitrogen functional groups attached to an aromatic ring is 1. The van der Waals surface area contributed by atoms with Crippen molar-refractivity contribution in [1.82, 2.24) is 19.5 Å². The van der Waals surface area contributed by atoms with E-state index in [1.54, 1.807) is 4.57 Å². The van der Waals surface area contributed by atoms with Gasteiger partial charge in [-0.25, -0.2) is 19.5 Å². The fraction of sp³-hybridized carbons (Fsp3) is 0.545. The van der Waals surface area contributed by atoms with Crippen LogP contribution in [0.1, 0.15) is 12.6 Å². The van der Waals surface area contributed by atoms with Crippen molar-refractivity contribution in [2.45, 2.75) is 24.9 Å². The summed E-state index contributed by atoms with van der Waals surface area (Å²) in [4.78, 5) is 21.3. The maximum Gasteiger partial charge on any atom is 0.472 e. The summed E-state index contributed by atoms with van der Waals surface area (Å²) >= 11 is 0. The van der Waals surface area contributed by atoms with Crippen molar-refractivity contribution < 1.29 is 28.3 Å². The Labute approximate surface area is 130 Å². The Morgan fingerprint density at radius 3 is 3.04 bits per heavy atom. The van der Waals surface area contributed by atoms with Gasteiger partial charge in [-0.3, -0.25) is 13.6 Å². The first-order valence-corrected chi connectivity index (χ1v) is 8.20. The van der Waals surface area contributed by atoms with E-state index in [2.05, 4.69) is 19.5 Å². The largest absolute Gasteiger partial charge is 0.472 e. The van der Waals surface area contributed by atoms with Gasteiger partial charge in [-0.2, -0.15) is 0 Å². The first-order chi connectivity index (χ1) is 10.9. The molecule has 23 heavy (non-hydrogen) atoms. The summed E-state index contributed by atoms with van der Waals surface area (Å²) in [6.45, 7) is -0.289. The quantitative estimate of drug-likeness (QED) is 0.621. The number of aliphatic hydroxyl groups is 1. The predicted octanol–water partition coefficient (Wildman–Crippen LogP) is -0.180. The molecule has 1 aliphatic heterocycles. The second-order valence-corrected chi connectivity index (χ2v) is 6.52. The molecular formula is C11H16N5O6P. The molecule has 3 heterocycles. The van der Waals surface area contributed by atoms with E-state index in [1.807, 2.05) is 0 Å². The minimum atomic E-state index is -4.13. The number of fused-ring (bicyclic) bond motifs is 1. The van der Waals surface area contributed by atoms with Crippen LogP contribution in [0.2, 0.25) is 0 Å².